The number of phenols is 1. The predicted molar refractivity (Wildman–Crippen MR) is 182 cm³/mol. The molecule has 252 valence electrons. The van der Waals surface area contributed by atoms with Gasteiger partial charge >= 0.3 is 0 Å². The molecule has 0 radical (unpaired) electrons. The molecule has 10 heteroatoms. The summed E-state index contributed by atoms with van der Waals surface area (Å²) in [6.07, 6.45) is 7.28. The predicted octanol–water partition coefficient (Wildman–Crippen LogP) is 8.42. The summed E-state index contributed by atoms with van der Waals surface area (Å²) in [4.78, 5) is 0.737. The number of sulfone groups is 2. The lowest BCUT2D eigenvalue weighted by atomic mass is 10.1. The monoisotopic (exact) mass is 680 g/mol. The van der Waals surface area contributed by atoms with Gasteiger partial charge in [0.2, 0.25) is 19.7 Å². The quantitative estimate of drug-likeness (QED) is 0.111. The molecule has 4 aromatic carbocycles. The molecule has 4 rings (SSSR count). The van der Waals surface area contributed by atoms with Crippen LogP contribution in [0.3, 0.4) is 0 Å². The van der Waals surface area contributed by atoms with Crippen molar-refractivity contribution in [2.45, 2.75) is 90.9 Å². The zero-order chi connectivity index (χ0) is 33.9. The number of rotatable bonds is 17. The first-order valence-electron chi connectivity index (χ1n) is 15.9. The third-order valence-electron chi connectivity index (χ3n) is 7.30. The van der Waals surface area contributed by atoms with Crippen LogP contribution in [-0.2, 0) is 19.7 Å². The number of hydrogen-bond acceptors (Lipinski definition) is 8. The Hall–Kier alpha value is -4.02. The molecule has 0 heterocycles. The van der Waals surface area contributed by atoms with E-state index in [2.05, 4.69) is 0 Å². The van der Waals surface area contributed by atoms with E-state index in [1.165, 1.54) is 36.4 Å². The summed E-state index contributed by atoms with van der Waals surface area (Å²) in [6, 6.07) is 24.9. The minimum absolute atomic E-state index is 0.0151. The van der Waals surface area contributed by atoms with Crippen LogP contribution in [0.25, 0.3) is 0 Å². The number of phenolic OH excluding ortho intramolecular Hbond substituents is 1. The van der Waals surface area contributed by atoms with Crippen molar-refractivity contribution in [3.63, 3.8) is 0 Å². The minimum atomic E-state index is -3.65. The van der Waals surface area contributed by atoms with Gasteiger partial charge < -0.3 is 19.3 Å². The Bertz CT molecular complexity index is 1760. The summed E-state index contributed by atoms with van der Waals surface area (Å²) in [5.74, 6) is 1.91. The Morgan fingerprint density at radius 1 is 0.468 bits per heavy atom. The fourth-order valence-corrected chi connectivity index (χ4v) is 7.36. The van der Waals surface area contributed by atoms with Gasteiger partial charge in [0.15, 0.2) is 0 Å². The van der Waals surface area contributed by atoms with Crippen LogP contribution >= 0.6 is 0 Å². The molecule has 0 aliphatic carbocycles. The second kappa shape index (κ2) is 16.2. The maximum Gasteiger partial charge on any atom is 0.206 e. The first-order chi connectivity index (χ1) is 22.3. The van der Waals surface area contributed by atoms with Crippen molar-refractivity contribution < 1.29 is 36.2 Å². The molecule has 0 aromatic heterocycles. The number of aromatic hydroxyl groups is 1. The highest BCUT2D eigenvalue weighted by atomic mass is 32.2. The summed E-state index contributed by atoms with van der Waals surface area (Å²) in [7, 11) is -7.28. The number of benzene rings is 4. The van der Waals surface area contributed by atoms with Gasteiger partial charge in [-0.15, -0.1) is 0 Å². The van der Waals surface area contributed by atoms with Crippen molar-refractivity contribution in [2.75, 3.05) is 13.2 Å². The molecule has 0 spiro atoms. The van der Waals surface area contributed by atoms with Gasteiger partial charge in [0.05, 0.1) is 32.8 Å². The number of unbranched alkanes of at least 4 members (excludes halogenated alkanes) is 6. The summed E-state index contributed by atoms with van der Waals surface area (Å²) in [5.41, 5.74) is -0.361. The van der Waals surface area contributed by atoms with Crippen molar-refractivity contribution >= 4 is 19.7 Å². The SMILES string of the molecule is CC(C)(C)Oc1ccc(S(=O)(=O)c2ccc(OCCCCCCCCCOc3ccc(S(=O)(=O)c4ccc(O)cc4)cc3)cc2)cc1. The molecule has 0 unspecified atom stereocenters. The first kappa shape index (κ1) is 35.8. The third kappa shape index (κ3) is 10.8. The molecule has 0 aliphatic heterocycles. The molecular formula is C37H44O8S2. The molecule has 0 fully saturated rings. The van der Waals surface area contributed by atoms with Gasteiger partial charge in [-0.05, 0) is 131 Å². The molecule has 0 atom stereocenters. The van der Waals surface area contributed by atoms with Crippen molar-refractivity contribution in [2.24, 2.45) is 0 Å². The summed E-state index contributed by atoms with van der Waals surface area (Å²) in [5, 5.41) is 9.40. The lowest BCUT2D eigenvalue weighted by molar-refractivity contribution is 0.131. The Morgan fingerprint density at radius 2 is 0.766 bits per heavy atom. The second-order valence-corrected chi connectivity index (χ2v) is 16.2. The van der Waals surface area contributed by atoms with Crippen LogP contribution in [0.1, 0.15) is 65.7 Å². The van der Waals surface area contributed by atoms with Gasteiger partial charge in [-0.3, -0.25) is 0 Å². The van der Waals surface area contributed by atoms with Crippen LogP contribution < -0.4 is 14.2 Å². The van der Waals surface area contributed by atoms with E-state index in [0.717, 1.165) is 44.9 Å². The molecule has 0 aliphatic rings. The van der Waals surface area contributed by atoms with E-state index in [0.29, 0.717) is 30.5 Å². The van der Waals surface area contributed by atoms with Crippen molar-refractivity contribution in [1.82, 2.24) is 0 Å². The van der Waals surface area contributed by atoms with E-state index in [-0.39, 0.29) is 30.9 Å². The summed E-state index contributed by atoms with van der Waals surface area (Å²) >= 11 is 0. The van der Waals surface area contributed by atoms with Crippen molar-refractivity contribution in [3.8, 4) is 23.0 Å². The maximum atomic E-state index is 13.0. The van der Waals surface area contributed by atoms with Gasteiger partial charge in [0, 0.05) is 0 Å². The van der Waals surface area contributed by atoms with Crippen LogP contribution in [0, 0.1) is 0 Å². The Morgan fingerprint density at radius 3 is 1.11 bits per heavy atom. The normalized spacial score (nSPS) is 12.1. The van der Waals surface area contributed by atoms with Crippen molar-refractivity contribution in [1.29, 1.82) is 0 Å². The summed E-state index contributed by atoms with van der Waals surface area (Å²) < 4.78 is 68.9. The minimum Gasteiger partial charge on any atom is -0.508 e. The highest BCUT2D eigenvalue weighted by molar-refractivity contribution is 7.91. The lowest BCUT2D eigenvalue weighted by Gasteiger charge is -2.21. The average Bonchev–Trinajstić information content (AvgIpc) is 3.04. The first-order valence-corrected chi connectivity index (χ1v) is 18.9. The van der Waals surface area contributed by atoms with Gasteiger partial charge in [0.25, 0.3) is 0 Å². The third-order valence-corrected chi connectivity index (χ3v) is 10.9. The fourth-order valence-electron chi connectivity index (χ4n) is 4.84. The molecule has 0 bridgehead atoms. The molecular weight excluding hydrogens is 637 g/mol. The van der Waals surface area contributed by atoms with E-state index in [9.17, 15) is 21.9 Å². The van der Waals surface area contributed by atoms with Gasteiger partial charge in [0.1, 0.15) is 28.6 Å². The maximum absolute atomic E-state index is 13.0. The second-order valence-electron chi connectivity index (χ2n) is 12.3. The van der Waals surface area contributed by atoms with E-state index >= 15 is 0 Å². The zero-order valence-electron chi connectivity index (χ0n) is 27.2. The molecule has 0 amide bonds. The molecule has 8 nitrogen and oxygen atoms in total. The van der Waals surface area contributed by atoms with E-state index < -0.39 is 19.7 Å². The number of hydrogen-bond donors (Lipinski definition) is 1. The molecule has 47 heavy (non-hydrogen) atoms. The van der Waals surface area contributed by atoms with Crippen LogP contribution in [0.5, 0.6) is 23.0 Å². The standard InChI is InChI=1S/C37H44O8S2/c1-37(2,3)45-32-17-25-36(26-18-32)47(41,42)35-23-15-31(16-24-35)44-28-10-8-6-4-5-7-9-27-43-30-13-21-34(22-14-30)46(39,40)33-19-11-29(38)12-20-33/h11-26,38H,4-10,27-28H2,1-3H3. The van der Waals surface area contributed by atoms with Crippen LogP contribution in [0.4, 0.5) is 0 Å². The Balaban J connectivity index is 1.06. The number of ether oxygens (including phenoxy) is 3. The van der Waals surface area contributed by atoms with Gasteiger partial charge in [-0.1, -0.05) is 32.1 Å². The highest BCUT2D eigenvalue weighted by Crippen LogP contribution is 2.27. The molecule has 4 aromatic rings. The zero-order valence-corrected chi connectivity index (χ0v) is 28.9. The largest absolute Gasteiger partial charge is 0.508 e. The average molecular weight is 681 g/mol. The van der Waals surface area contributed by atoms with Gasteiger partial charge in [-0.25, -0.2) is 16.8 Å². The lowest BCUT2D eigenvalue weighted by Crippen LogP contribution is -2.22. The van der Waals surface area contributed by atoms with Crippen LogP contribution in [0.2, 0.25) is 0 Å². The highest BCUT2D eigenvalue weighted by Gasteiger charge is 2.19. The Labute approximate surface area is 279 Å². The fraction of sp³-hybridized carbons (Fsp3) is 0.351. The van der Waals surface area contributed by atoms with Crippen LogP contribution in [-0.4, -0.2) is 40.8 Å². The van der Waals surface area contributed by atoms with E-state index in [1.807, 2.05) is 20.8 Å². The van der Waals surface area contributed by atoms with Gasteiger partial charge in [-0.2, -0.15) is 0 Å². The van der Waals surface area contributed by atoms with Crippen molar-refractivity contribution in [3.05, 3.63) is 97.1 Å². The topological polar surface area (TPSA) is 116 Å². The van der Waals surface area contributed by atoms with E-state index in [4.69, 9.17) is 14.2 Å². The molecule has 1 N–H and O–H groups in total. The molecule has 0 saturated carbocycles. The molecule has 0 saturated heterocycles. The summed E-state index contributed by atoms with van der Waals surface area (Å²) in [6.45, 7) is 6.96. The smallest absolute Gasteiger partial charge is 0.206 e. The van der Waals surface area contributed by atoms with Crippen LogP contribution in [0.15, 0.2) is 117 Å². The Kier molecular flexibility index (Phi) is 12.3. The van der Waals surface area contributed by atoms with E-state index in [1.54, 1.807) is 60.7 Å².